The van der Waals surface area contributed by atoms with Gasteiger partial charge < -0.3 is 9.16 Å². The first-order valence-electron chi connectivity index (χ1n) is 11.3. The number of hydrogen-bond donors (Lipinski definition) is 0. The Morgan fingerprint density at radius 1 is 0.733 bits per heavy atom. The second kappa shape index (κ2) is 6.79. The van der Waals surface area contributed by atoms with Crippen LogP contribution < -0.4 is 10.4 Å². The topological polar surface area (TPSA) is 18.5 Å². The molecule has 2 aromatic carbocycles. The molecule has 0 aliphatic carbocycles. The van der Waals surface area contributed by atoms with Crippen molar-refractivity contribution in [1.29, 1.82) is 0 Å². The fourth-order valence-electron chi connectivity index (χ4n) is 6.73. The Kier molecular flexibility index (Phi) is 4.93. The van der Waals surface area contributed by atoms with Crippen molar-refractivity contribution >= 4 is 18.7 Å². The fourth-order valence-corrected chi connectivity index (χ4v) is 12.9. The van der Waals surface area contributed by atoms with E-state index in [4.69, 9.17) is 9.16 Å². The average Bonchev–Trinajstić information content (AvgIpc) is 2.99. The summed E-state index contributed by atoms with van der Waals surface area (Å²) in [5.74, 6) is 0.402. The van der Waals surface area contributed by atoms with E-state index in [0.29, 0.717) is 5.92 Å². The maximum Gasteiger partial charge on any atom is 0.263 e. The van der Waals surface area contributed by atoms with E-state index >= 15 is 0 Å². The first-order chi connectivity index (χ1) is 13.8. The second-order valence-corrected chi connectivity index (χ2v) is 14.9. The van der Waals surface area contributed by atoms with Gasteiger partial charge in [-0.2, -0.15) is 0 Å². The number of hydrogen-bond acceptors (Lipinski definition) is 2. The van der Waals surface area contributed by atoms with Crippen molar-refractivity contribution in [2.75, 3.05) is 6.61 Å². The van der Waals surface area contributed by atoms with E-state index in [1.165, 1.54) is 43.8 Å². The third-order valence-electron chi connectivity index (χ3n) is 7.88. The van der Waals surface area contributed by atoms with Gasteiger partial charge in [-0.25, -0.2) is 0 Å². The average molecular weight is 423 g/mol. The van der Waals surface area contributed by atoms with Crippen LogP contribution in [0.3, 0.4) is 0 Å². The maximum atomic E-state index is 7.49. The van der Waals surface area contributed by atoms with E-state index in [2.05, 4.69) is 93.5 Å². The zero-order valence-corrected chi connectivity index (χ0v) is 21.5. The Bertz CT molecular complexity index is 914. The number of aryl methyl sites for hydroxylation is 6. The largest absolute Gasteiger partial charge is 0.401 e. The van der Waals surface area contributed by atoms with Gasteiger partial charge in [0.1, 0.15) is 0 Å². The normalized spacial score (nSPS) is 26.1. The summed E-state index contributed by atoms with van der Waals surface area (Å²) in [4.78, 5) is 0. The summed E-state index contributed by atoms with van der Waals surface area (Å²) in [5, 5.41) is 2.98. The summed E-state index contributed by atoms with van der Waals surface area (Å²) >= 11 is 0. The van der Waals surface area contributed by atoms with Crippen LogP contribution in [0, 0.1) is 47.5 Å². The van der Waals surface area contributed by atoms with Gasteiger partial charge in [-0.1, -0.05) is 49.2 Å². The van der Waals surface area contributed by atoms with Crippen LogP contribution in [-0.2, 0) is 9.16 Å². The lowest BCUT2D eigenvalue weighted by atomic mass is 9.85. The minimum Gasteiger partial charge on any atom is -0.401 e. The monoisotopic (exact) mass is 422 g/mol. The molecule has 2 aliphatic rings. The molecular weight excluding hydrogens is 384 g/mol. The first-order valence-corrected chi connectivity index (χ1v) is 13.2. The molecule has 2 aromatic rings. The van der Waals surface area contributed by atoms with Crippen molar-refractivity contribution < 1.29 is 9.16 Å². The molecule has 30 heavy (non-hydrogen) atoms. The minimum atomic E-state index is -2.60. The summed E-state index contributed by atoms with van der Waals surface area (Å²) in [6.45, 7) is 23.7. The molecule has 0 bridgehead atoms. The number of benzene rings is 2. The fraction of sp³-hybridized carbons (Fsp3) is 0.556. The molecule has 0 radical (unpaired) electrons. The van der Waals surface area contributed by atoms with Crippen molar-refractivity contribution in [3.8, 4) is 0 Å². The highest BCUT2D eigenvalue weighted by Crippen LogP contribution is 2.59. The highest BCUT2D eigenvalue weighted by Gasteiger charge is 2.70. The van der Waals surface area contributed by atoms with Crippen molar-refractivity contribution in [3.63, 3.8) is 0 Å². The molecule has 2 atom stereocenters. The van der Waals surface area contributed by atoms with Crippen molar-refractivity contribution in [3.05, 3.63) is 57.6 Å². The third kappa shape index (κ3) is 2.82. The van der Waals surface area contributed by atoms with Crippen LogP contribution in [0.5, 0.6) is 0 Å². The van der Waals surface area contributed by atoms with Gasteiger partial charge in [0.25, 0.3) is 8.32 Å². The third-order valence-corrected chi connectivity index (χ3v) is 13.7. The summed E-state index contributed by atoms with van der Waals surface area (Å²) < 4.78 is 13.8. The molecule has 2 aliphatic heterocycles. The van der Waals surface area contributed by atoms with E-state index in [1.807, 2.05) is 0 Å². The van der Waals surface area contributed by atoms with Gasteiger partial charge in [0, 0.05) is 5.92 Å². The first kappa shape index (κ1) is 21.8. The van der Waals surface area contributed by atoms with E-state index in [0.717, 1.165) is 6.61 Å². The zero-order chi connectivity index (χ0) is 22.2. The quantitative estimate of drug-likeness (QED) is 0.619. The van der Waals surface area contributed by atoms with Crippen molar-refractivity contribution in [2.45, 2.75) is 86.0 Å². The van der Waals surface area contributed by atoms with Crippen molar-refractivity contribution in [1.82, 2.24) is 0 Å². The Balaban J connectivity index is 2.12. The molecule has 0 N–H and O–H groups in total. The van der Waals surface area contributed by atoms with Crippen LogP contribution >= 0.6 is 0 Å². The van der Waals surface area contributed by atoms with E-state index < -0.39 is 8.32 Å². The van der Waals surface area contributed by atoms with Gasteiger partial charge in [0.05, 0.1) is 18.3 Å². The standard InChI is InChI=1S/C27H38O2Si/c1-16-11-18(3)23(19(4)12-16)30(24-20(5)13-17(2)14-21(24)6)27(9,10)22-15-28-26(7,8)25(22)29-30/h11-14,22,25H,15H2,1-10H3/t22-,25-/m1/s1. The van der Waals surface area contributed by atoms with Gasteiger partial charge in [-0.3, -0.25) is 0 Å². The smallest absolute Gasteiger partial charge is 0.263 e. The van der Waals surface area contributed by atoms with Crippen LogP contribution in [0.15, 0.2) is 24.3 Å². The summed E-state index contributed by atoms with van der Waals surface area (Å²) in [6.07, 6.45) is 0.124. The molecule has 0 amide bonds. The summed E-state index contributed by atoms with van der Waals surface area (Å²) in [6, 6.07) is 9.41. The Hall–Kier alpha value is -1.42. The number of rotatable bonds is 2. The maximum absolute atomic E-state index is 7.49. The molecule has 2 nitrogen and oxygen atoms in total. The van der Waals surface area contributed by atoms with Gasteiger partial charge >= 0.3 is 0 Å². The highest BCUT2D eigenvalue weighted by atomic mass is 28.4. The molecule has 0 spiro atoms. The molecule has 3 heteroatoms. The molecule has 0 unspecified atom stereocenters. The highest BCUT2D eigenvalue weighted by molar-refractivity contribution is 7.01. The van der Waals surface area contributed by atoms with Crippen LogP contribution in [0.2, 0.25) is 5.04 Å². The number of fused-ring (bicyclic) bond motifs is 1. The predicted molar refractivity (Wildman–Crippen MR) is 129 cm³/mol. The Labute approximate surface area is 184 Å². The molecule has 2 heterocycles. The minimum absolute atomic E-state index is 0.0149. The lowest BCUT2D eigenvalue weighted by molar-refractivity contribution is -0.0195. The molecule has 0 aromatic heterocycles. The van der Waals surface area contributed by atoms with Crippen LogP contribution in [0.25, 0.3) is 0 Å². The molecule has 0 saturated carbocycles. The molecule has 4 rings (SSSR count). The molecular formula is C27H38O2Si. The molecule has 2 fully saturated rings. The summed E-state index contributed by atoms with van der Waals surface area (Å²) in [5.41, 5.74) is 7.92. The summed E-state index contributed by atoms with van der Waals surface area (Å²) in [7, 11) is -2.60. The van der Waals surface area contributed by atoms with Crippen molar-refractivity contribution in [2.24, 2.45) is 5.92 Å². The molecule has 2 saturated heterocycles. The second-order valence-electron chi connectivity index (χ2n) is 11.0. The SMILES string of the molecule is Cc1cc(C)c([Si]2(c3c(C)cc(C)cc3C)O[C@@H]3[C@@H](COC3(C)C)C2(C)C)c(C)c1. The van der Waals surface area contributed by atoms with Gasteiger partial charge in [0.15, 0.2) is 0 Å². The van der Waals surface area contributed by atoms with E-state index in [9.17, 15) is 0 Å². The zero-order valence-electron chi connectivity index (χ0n) is 20.5. The molecule has 162 valence electrons. The van der Waals surface area contributed by atoms with E-state index in [-0.39, 0.29) is 16.7 Å². The Morgan fingerprint density at radius 2 is 1.13 bits per heavy atom. The van der Waals surface area contributed by atoms with Crippen LogP contribution in [0.1, 0.15) is 61.1 Å². The van der Waals surface area contributed by atoms with Gasteiger partial charge in [-0.15, -0.1) is 0 Å². The van der Waals surface area contributed by atoms with Gasteiger partial charge in [0.2, 0.25) is 0 Å². The van der Waals surface area contributed by atoms with Crippen LogP contribution in [0.4, 0.5) is 0 Å². The van der Waals surface area contributed by atoms with E-state index in [1.54, 1.807) is 0 Å². The predicted octanol–water partition coefficient (Wildman–Crippen LogP) is 5.20. The lowest BCUT2D eigenvalue weighted by Gasteiger charge is -2.44. The number of ether oxygens (including phenoxy) is 1. The van der Waals surface area contributed by atoms with Crippen LogP contribution in [-0.4, -0.2) is 26.6 Å². The Morgan fingerprint density at radius 3 is 1.50 bits per heavy atom. The lowest BCUT2D eigenvalue weighted by Crippen LogP contribution is -2.68. The van der Waals surface area contributed by atoms with Gasteiger partial charge in [-0.05, 0) is 93.1 Å².